The Balaban J connectivity index is 1.29. The Bertz CT molecular complexity index is 2540. The molecule has 0 radical (unpaired) electrons. The van der Waals surface area contributed by atoms with Crippen molar-refractivity contribution in [2.45, 2.75) is 36.5 Å². The highest BCUT2D eigenvalue weighted by Crippen LogP contribution is 2.65. The van der Waals surface area contributed by atoms with Crippen molar-refractivity contribution >= 4 is 70.1 Å². The number of allylic oxidation sites excluding steroid dienone is 2. The fourth-order valence-electron chi connectivity index (χ4n) is 9.32. The van der Waals surface area contributed by atoms with Gasteiger partial charge in [-0.25, -0.2) is 9.97 Å². The molecular formula is C41H31Cl3F6N6O6. The van der Waals surface area contributed by atoms with Crippen molar-refractivity contribution in [1.29, 1.82) is 0 Å². The first-order valence-corrected chi connectivity index (χ1v) is 20.0. The number of hydrazine groups is 2. The number of nitrogens with one attached hydrogen (secondary N) is 1. The third-order valence-corrected chi connectivity index (χ3v) is 12.7. The molecule has 324 valence electrons. The molecule has 6 atom stereocenters. The van der Waals surface area contributed by atoms with Crippen molar-refractivity contribution in [2.24, 2.45) is 23.7 Å². The topological polar surface area (TPSA) is 145 Å². The number of aliphatic hydroxyl groups is 1. The molecule has 21 heteroatoms. The quantitative estimate of drug-likeness (QED) is 0.0967. The largest absolute Gasteiger partial charge is 0.491 e. The van der Waals surface area contributed by atoms with Crippen LogP contribution in [0.5, 0.6) is 5.75 Å². The SMILES string of the molecule is CN(c1nc(C(F)(F)F)ccc1Cl)N1C(=O)C2CC=C3C(CC4C(=O)N(Nc5ncc(C(F)(F)F)cc5Cl)C(=O)C4(c4ccc(Cl)cc4)C3c3ccccc3OCCO)C2C1=O. The van der Waals surface area contributed by atoms with E-state index in [-0.39, 0.29) is 40.8 Å². The van der Waals surface area contributed by atoms with Gasteiger partial charge in [0.1, 0.15) is 18.1 Å². The van der Waals surface area contributed by atoms with Crippen LogP contribution in [0.2, 0.25) is 15.1 Å². The molecule has 2 saturated heterocycles. The molecule has 8 rings (SSSR count). The van der Waals surface area contributed by atoms with E-state index < -0.39 is 106 Å². The second-order valence-corrected chi connectivity index (χ2v) is 16.3. The molecule has 4 heterocycles. The van der Waals surface area contributed by atoms with Crippen LogP contribution in [0.4, 0.5) is 38.0 Å². The zero-order valence-electron chi connectivity index (χ0n) is 31.8. The number of fused-ring (bicyclic) bond motifs is 4. The molecule has 6 unspecified atom stereocenters. The summed E-state index contributed by atoms with van der Waals surface area (Å²) in [5.74, 6) is -9.96. The minimum absolute atomic E-state index is 0.0815. The number of hydrogen-bond donors (Lipinski definition) is 2. The summed E-state index contributed by atoms with van der Waals surface area (Å²) in [5.41, 5.74) is -0.789. The van der Waals surface area contributed by atoms with Gasteiger partial charge in [0.05, 0.1) is 45.4 Å². The van der Waals surface area contributed by atoms with Gasteiger partial charge in [-0.15, -0.1) is 0 Å². The minimum Gasteiger partial charge on any atom is -0.491 e. The molecule has 4 aliphatic rings. The molecule has 2 aromatic carbocycles. The molecule has 2 aliphatic heterocycles. The summed E-state index contributed by atoms with van der Waals surface area (Å²) < 4.78 is 87.9. The van der Waals surface area contributed by atoms with E-state index in [1.54, 1.807) is 42.5 Å². The van der Waals surface area contributed by atoms with Crippen LogP contribution in [0.15, 0.2) is 84.6 Å². The van der Waals surface area contributed by atoms with Crippen molar-refractivity contribution in [3.05, 3.63) is 122 Å². The van der Waals surface area contributed by atoms with Gasteiger partial charge in [0.15, 0.2) is 11.6 Å². The molecule has 4 aromatic rings. The molecule has 2 aromatic heterocycles. The van der Waals surface area contributed by atoms with Crippen LogP contribution in [0.25, 0.3) is 0 Å². The lowest BCUT2D eigenvalue weighted by Crippen LogP contribution is -2.53. The standard InChI is InChI=1S/C41H31Cl3F6N6O6/c1-54(34-27(43)12-13-30(52-34)41(48,49)50)56-35(58)24-11-10-22-25(31(24)37(56)60)17-26-36(59)55(53-33-28(44)16-20(18-51-33)40(45,46)47)38(61)39(26,19-6-8-21(42)9-7-19)32(22)23-4-2-3-5-29(23)62-15-14-57/h2-10,12-13,16,18,24-26,31-32,57H,11,14-15,17H2,1H3,(H,51,53). The molecule has 12 nitrogen and oxygen atoms in total. The minimum atomic E-state index is -4.89. The van der Waals surface area contributed by atoms with Gasteiger partial charge in [-0.3, -0.25) is 29.6 Å². The Kier molecular flexibility index (Phi) is 11.0. The Morgan fingerprint density at radius 3 is 2.27 bits per heavy atom. The van der Waals surface area contributed by atoms with Gasteiger partial charge in [-0.05, 0) is 60.7 Å². The second kappa shape index (κ2) is 15.7. The fourth-order valence-corrected chi connectivity index (χ4v) is 9.89. The summed E-state index contributed by atoms with van der Waals surface area (Å²) in [6.07, 6.45) is -7.85. The van der Waals surface area contributed by atoms with Crippen LogP contribution in [0.1, 0.15) is 41.1 Å². The highest BCUT2D eigenvalue weighted by atomic mass is 35.5. The number of aliphatic hydroxyl groups excluding tert-OH is 1. The van der Waals surface area contributed by atoms with E-state index in [0.29, 0.717) is 39.5 Å². The van der Waals surface area contributed by atoms with Crippen molar-refractivity contribution in [1.82, 2.24) is 20.0 Å². The average molecular weight is 924 g/mol. The van der Waals surface area contributed by atoms with Crippen LogP contribution in [-0.2, 0) is 36.9 Å². The number of imide groups is 2. The first-order chi connectivity index (χ1) is 29.3. The van der Waals surface area contributed by atoms with Crippen LogP contribution in [-0.4, -0.2) is 69.0 Å². The van der Waals surface area contributed by atoms with E-state index in [1.165, 1.54) is 19.2 Å². The van der Waals surface area contributed by atoms with E-state index >= 15 is 4.79 Å². The molecule has 2 N–H and O–H groups in total. The molecule has 0 bridgehead atoms. The number of anilines is 2. The highest BCUT2D eigenvalue weighted by Gasteiger charge is 2.71. The number of carbonyl (C=O) groups excluding carboxylic acids is 4. The number of para-hydroxylation sites is 1. The van der Waals surface area contributed by atoms with E-state index in [9.17, 15) is 45.8 Å². The average Bonchev–Trinajstić information content (AvgIpc) is 3.60. The first kappa shape index (κ1) is 43.2. The van der Waals surface area contributed by atoms with E-state index in [0.717, 1.165) is 11.1 Å². The Hall–Kier alpha value is -5.43. The van der Waals surface area contributed by atoms with Gasteiger partial charge in [-0.1, -0.05) is 76.8 Å². The molecule has 3 fully saturated rings. The molecule has 62 heavy (non-hydrogen) atoms. The third-order valence-electron chi connectivity index (χ3n) is 11.8. The summed E-state index contributed by atoms with van der Waals surface area (Å²) in [4.78, 5) is 66.8. The molecule has 2 aliphatic carbocycles. The maximum absolute atomic E-state index is 15.5. The smallest absolute Gasteiger partial charge is 0.433 e. The Morgan fingerprint density at radius 1 is 0.903 bits per heavy atom. The Morgan fingerprint density at radius 2 is 1.61 bits per heavy atom. The number of benzene rings is 2. The summed E-state index contributed by atoms with van der Waals surface area (Å²) >= 11 is 18.9. The van der Waals surface area contributed by atoms with Gasteiger partial charge < -0.3 is 9.84 Å². The van der Waals surface area contributed by atoms with E-state index in [2.05, 4.69) is 15.4 Å². The van der Waals surface area contributed by atoms with Gasteiger partial charge in [-0.2, -0.15) is 36.4 Å². The number of halogens is 9. The number of hydrogen-bond acceptors (Lipinski definition) is 10. The zero-order valence-corrected chi connectivity index (χ0v) is 34.1. The number of nitrogens with zero attached hydrogens (tertiary/aromatic N) is 5. The predicted octanol–water partition coefficient (Wildman–Crippen LogP) is 7.88. The lowest BCUT2D eigenvalue weighted by molar-refractivity contribution is -0.142. The van der Waals surface area contributed by atoms with Crippen LogP contribution in [0.3, 0.4) is 0 Å². The number of carbonyl (C=O) groups is 4. The zero-order chi connectivity index (χ0) is 44.6. The van der Waals surface area contributed by atoms with Crippen molar-refractivity contribution in [2.75, 3.05) is 30.7 Å². The van der Waals surface area contributed by atoms with E-state index in [4.69, 9.17) is 39.5 Å². The third kappa shape index (κ3) is 6.91. The van der Waals surface area contributed by atoms with Crippen LogP contribution >= 0.6 is 34.8 Å². The molecule has 0 spiro atoms. The number of rotatable bonds is 9. The predicted molar refractivity (Wildman–Crippen MR) is 210 cm³/mol. The number of amides is 4. The first-order valence-electron chi connectivity index (χ1n) is 18.8. The van der Waals surface area contributed by atoms with E-state index in [1.807, 2.05) is 0 Å². The van der Waals surface area contributed by atoms with Gasteiger partial charge in [0.25, 0.3) is 23.6 Å². The highest BCUT2D eigenvalue weighted by molar-refractivity contribution is 6.33. The lowest BCUT2D eigenvalue weighted by Gasteiger charge is -2.50. The van der Waals surface area contributed by atoms with Gasteiger partial charge in [0, 0.05) is 29.7 Å². The van der Waals surface area contributed by atoms with Crippen LogP contribution < -0.4 is 15.2 Å². The van der Waals surface area contributed by atoms with Crippen molar-refractivity contribution < 1.29 is 55.4 Å². The number of ether oxygens (including phenoxy) is 1. The Labute approximate surface area is 362 Å². The van der Waals surface area contributed by atoms with Crippen molar-refractivity contribution in [3.63, 3.8) is 0 Å². The normalized spacial score (nSPS) is 24.8. The molecule has 1 saturated carbocycles. The summed E-state index contributed by atoms with van der Waals surface area (Å²) in [7, 11) is 1.17. The second-order valence-electron chi connectivity index (χ2n) is 15.0. The lowest BCUT2D eigenvalue weighted by atomic mass is 9.49. The van der Waals surface area contributed by atoms with Gasteiger partial charge >= 0.3 is 12.4 Å². The maximum atomic E-state index is 15.5. The summed E-state index contributed by atoms with van der Waals surface area (Å²) in [6.45, 7) is -0.590. The maximum Gasteiger partial charge on any atom is 0.433 e. The molecular weight excluding hydrogens is 893 g/mol. The molecule has 4 amide bonds. The fraction of sp³-hybridized carbons (Fsp3) is 0.317. The van der Waals surface area contributed by atoms with Crippen molar-refractivity contribution in [3.8, 4) is 5.75 Å². The van der Waals surface area contributed by atoms with Crippen LogP contribution in [0, 0.1) is 23.7 Å². The number of aromatic nitrogens is 2. The monoisotopic (exact) mass is 922 g/mol. The summed E-state index contributed by atoms with van der Waals surface area (Å²) in [5, 5.41) is 11.3. The number of pyridine rings is 2. The summed E-state index contributed by atoms with van der Waals surface area (Å²) in [6, 6.07) is 14.8. The number of alkyl halides is 6. The van der Waals surface area contributed by atoms with Gasteiger partial charge in [0.2, 0.25) is 0 Å².